The van der Waals surface area contributed by atoms with E-state index < -0.39 is 5.97 Å². The van der Waals surface area contributed by atoms with Crippen LogP contribution in [0.1, 0.15) is 29.6 Å². The number of aliphatic carboxylic acids is 1. The Balaban J connectivity index is 1.63. The number of benzene rings is 1. The fourth-order valence-corrected chi connectivity index (χ4v) is 3.54. The number of nitrogens with zero attached hydrogens (tertiary/aromatic N) is 1. The molecule has 1 saturated carbocycles. The summed E-state index contributed by atoms with van der Waals surface area (Å²) in [7, 11) is 0. The second-order valence-corrected chi connectivity index (χ2v) is 7.00. The molecule has 106 valence electrons. The highest BCUT2D eigenvalue weighted by Gasteiger charge is 2.59. The summed E-state index contributed by atoms with van der Waals surface area (Å²) in [5, 5.41) is 9.07. The Morgan fingerprint density at radius 3 is 2.30 bits per heavy atom. The monoisotopic (exact) mass is 385 g/mol. The number of piperidine rings is 1. The van der Waals surface area contributed by atoms with Crippen molar-refractivity contribution >= 4 is 34.5 Å². The molecule has 0 bridgehead atoms. The second-order valence-electron chi connectivity index (χ2n) is 5.76. The highest BCUT2D eigenvalue weighted by molar-refractivity contribution is 14.1. The number of carboxylic acids is 1. The summed E-state index contributed by atoms with van der Waals surface area (Å²) in [5.74, 6) is -0.802. The summed E-state index contributed by atoms with van der Waals surface area (Å²) < 4.78 is 1.11. The first kappa shape index (κ1) is 13.9. The maximum absolute atomic E-state index is 12.4. The minimum atomic E-state index is -0.678. The molecular formula is C15H16INO3. The number of halogens is 1. The number of carboxylic acid groups (broad SMARTS) is 1. The molecule has 1 aromatic rings. The average molecular weight is 385 g/mol. The first-order valence-corrected chi connectivity index (χ1v) is 7.87. The number of likely N-dealkylation sites (tertiary alicyclic amines) is 1. The van der Waals surface area contributed by atoms with Crippen molar-refractivity contribution in [2.75, 3.05) is 13.1 Å². The van der Waals surface area contributed by atoms with Gasteiger partial charge in [-0.25, -0.2) is 0 Å². The lowest BCUT2D eigenvalue weighted by Crippen LogP contribution is -2.40. The zero-order valence-electron chi connectivity index (χ0n) is 11.0. The molecule has 1 unspecified atom stereocenters. The Morgan fingerprint density at radius 1 is 1.20 bits per heavy atom. The van der Waals surface area contributed by atoms with Crippen LogP contribution in [0.25, 0.3) is 0 Å². The molecule has 1 atom stereocenters. The molecular weight excluding hydrogens is 369 g/mol. The van der Waals surface area contributed by atoms with Crippen LogP contribution >= 0.6 is 22.6 Å². The van der Waals surface area contributed by atoms with Crippen molar-refractivity contribution in [3.05, 3.63) is 33.4 Å². The maximum atomic E-state index is 12.4. The normalized spacial score (nSPS) is 23.6. The van der Waals surface area contributed by atoms with Crippen molar-refractivity contribution in [2.24, 2.45) is 11.3 Å². The lowest BCUT2D eigenvalue weighted by molar-refractivity contribution is -0.139. The SMILES string of the molecule is O=C(O)C1CC12CCN(C(=O)c1ccc(I)cc1)CC2. The van der Waals surface area contributed by atoms with Crippen LogP contribution in [0.5, 0.6) is 0 Å². The van der Waals surface area contributed by atoms with E-state index in [0.717, 1.165) is 22.8 Å². The van der Waals surface area contributed by atoms with Crippen molar-refractivity contribution in [1.82, 2.24) is 4.90 Å². The van der Waals surface area contributed by atoms with Gasteiger partial charge in [-0.1, -0.05) is 0 Å². The average Bonchev–Trinajstić information content (AvgIpc) is 3.14. The van der Waals surface area contributed by atoms with E-state index in [0.29, 0.717) is 18.7 Å². The van der Waals surface area contributed by atoms with Gasteiger partial charge in [-0.15, -0.1) is 0 Å². The molecule has 0 aromatic heterocycles. The van der Waals surface area contributed by atoms with E-state index in [1.807, 2.05) is 29.2 Å². The fraction of sp³-hybridized carbons (Fsp3) is 0.467. The van der Waals surface area contributed by atoms with E-state index in [-0.39, 0.29) is 17.2 Å². The predicted octanol–water partition coefficient (Wildman–Crippen LogP) is 2.62. The van der Waals surface area contributed by atoms with Gasteiger partial charge in [0.1, 0.15) is 0 Å². The van der Waals surface area contributed by atoms with Gasteiger partial charge in [0.25, 0.3) is 5.91 Å². The van der Waals surface area contributed by atoms with Gasteiger partial charge in [-0.3, -0.25) is 9.59 Å². The van der Waals surface area contributed by atoms with Crippen molar-refractivity contribution in [3.63, 3.8) is 0 Å². The smallest absolute Gasteiger partial charge is 0.307 e. The first-order chi connectivity index (χ1) is 9.52. The second kappa shape index (κ2) is 5.02. The van der Waals surface area contributed by atoms with Gasteiger partial charge in [0.05, 0.1) is 5.92 Å². The van der Waals surface area contributed by atoms with Gasteiger partial charge >= 0.3 is 5.97 Å². The Morgan fingerprint density at radius 2 is 1.80 bits per heavy atom. The van der Waals surface area contributed by atoms with Gasteiger partial charge in [-0.05, 0) is 71.5 Å². The molecule has 2 aliphatic rings. The number of hydrogen-bond acceptors (Lipinski definition) is 2. The summed E-state index contributed by atoms with van der Waals surface area (Å²) in [6, 6.07) is 7.57. The fourth-order valence-electron chi connectivity index (χ4n) is 3.18. The van der Waals surface area contributed by atoms with E-state index in [2.05, 4.69) is 22.6 Å². The molecule has 4 nitrogen and oxygen atoms in total. The van der Waals surface area contributed by atoms with E-state index in [1.54, 1.807) is 0 Å². The largest absolute Gasteiger partial charge is 0.481 e. The number of amides is 1. The molecule has 1 amide bonds. The lowest BCUT2D eigenvalue weighted by atomic mass is 9.90. The summed E-state index contributed by atoms with van der Waals surface area (Å²) in [4.78, 5) is 25.2. The van der Waals surface area contributed by atoms with Crippen molar-refractivity contribution in [1.29, 1.82) is 0 Å². The van der Waals surface area contributed by atoms with Gasteiger partial charge < -0.3 is 10.0 Å². The van der Waals surface area contributed by atoms with E-state index >= 15 is 0 Å². The van der Waals surface area contributed by atoms with Crippen LogP contribution in [-0.4, -0.2) is 35.0 Å². The molecule has 1 aliphatic carbocycles. The third kappa shape index (κ3) is 2.43. The molecule has 3 rings (SSSR count). The minimum absolute atomic E-state index is 0.0192. The molecule has 1 aliphatic heterocycles. The van der Waals surface area contributed by atoms with Crippen LogP contribution in [-0.2, 0) is 4.79 Å². The van der Waals surface area contributed by atoms with Crippen LogP contribution in [0, 0.1) is 14.9 Å². The van der Waals surface area contributed by atoms with Crippen LogP contribution in [0.3, 0.4) is 0 Å². The number of carbonyl (C=O) groups excluding carboxylic acids is 1. The Kier molecular flexibility index (Phi) is 3.48. The number of rotatable bonds is 2. The predicted molar refractivity (Wildman–Crippen MR) is 82.5 cm³/mol. The Hall–Kier alpha value is -1.11. The lowest BCUT2D eigenvalue weighted by Gasteiger charge is -2.32. The molecule has 0 radical (unpaired) electrons. The van der Waals surface area contributed by atoms with Crippen LogP contribution < -0.4 is 0 Å². The molecule has 1 heterocycles. The summed E-state index contributed by atoms with van der Waals surface area (Å²) >= 11 is 2.21. The molecule has 1 saturated heterocycles. The van der Waals surface area contributed by atoms with Gasteiger partial charge in [-0.2, -0.15) is 0 Å². The number of hydrogen-bond donors (Lipinski definition) is 1. The zero-order chi connectivity index (χ0) is 14.3. The summed E-state index contributed by atoms with van der Waals surface area (Å²) in [6.07, 6.45) is 2.42. The van der Waals surface area contributed by atoms with Crippen molar-refractivity contribution in [3.8, 4) is 0 Å². The first-order valence-electron chi connectivity index (χ1n) is 6.79. The highest BCUT2D eigenvalue weighted by atomic mass is 127. The van der Waals surface area contributed by atoms with E-state index in [4.69, 9.17) is 5.11 Å². The quantitative estimate of drug-likeness (QED) is 0.797. The third-order valence-electron chi connectivity index (χ3n) is 4.63. The molecule has 20 heavy (non-hydrogen) atoms. The van der Waals surface area contributed by atoms with Crippen LogP contribution in [0.15, 0.2) is 24.3 Å². The number of carbonyl (C=O) groups is 2. The maximum Gasteiger partial charge on any atom is 0.307 e. The topological polar surface area (TPSA) is 57.6 Å². The van der Waals surface area contributed by atoms with Crippen molar-refractivity contribution in [2.45, 2.75) is 19.3 Å². The van der Waals surface area contributed by atoms with Crippen LogP contribution in [0.2, 0.25) is 0 Å². The Bertz CT molecular complexity index is 547. The molecule has 2 fully saturated rings. The zero-order valence-corrected chi connectivity index (χ0v) is 13.2. The molecule has 5 heteroatoms. The van der Waals surface area contributed by atoms with E-state index in [1.165, 1.54) is 0 Å². The van der Waals surface area contributed by atoms with Crippen molar-refractivity contribution < 1.29 is 14.7 Å². The summed E-state index contributed by atoms with van der Waals surface area (Å²) in [6.45, 7) is 1.35. The van der Waals surface area contributed by atoms with Gasteiger partial charge in [0, 0.05) is 22.2 Å². The van der Waals surface area contributed by atoms with E-state index in [9.17, 15) is 9.59 Å². The van der Waals surface area contributed by atoms with Crippen LogP contribution in [0.4, 0.5) is 0 Å². The summed E-state index contributed by atoms with van der Waals surface area (Å²) in [5.41, 5.74) is 0.696. The Labute approximate surface area is 131 Å². The van der Waals surface area contributed by atoms with Gasteiger partial charge in [0.2, 0.25) is 0 Å². The van der Waals surface area contributed by atoms with Gasteiger partial charge in [0.15, 0.2) is 0 Å². The highest BCUT2D eigenvalue weighted by Crippen LogP contribution is 2.59. The molecule has 1 spiro atoms. The minimum Gasteiger partial charge on any atom is -0.481 e. The third-order valence-corrected chi connectivity index (χ3v) is 5.34. The molecule has 1 N–H and O–H groups in total. The molecule has 1 aromatic carbocycles. The standard InChI is InChI=1S/C15H16INO3/c16-11-3-1-10(2-4-11)13(18)17-7-5-15(6-8-17)9-12(15)14(19)20/h1-4,12H,5-9H2,(H,19,20).